The van der Waals surface area contributed by atoms with Gasteiger partial charge >= 0.3 is 0 Å². The zero-order chi connectivity index (χ0) is 24.1. The summed E-state index contributed by atoms with van der Waals surface area (Å²) >= 11 is 2.83. The highest BCUT2D eigenvalue weighted by Crippen LogP contribution is 2.31. The highest BCUT2D eigenvalue weighted by atomic mass is 32.2. The van der Waals surface area contributed by atoms with Crippen molar-refractivity contribution >= 4 is 45.7 Å². The Balaban J connectivity index is 1.30. The van der Waals surface area contributed by atoms with Crippen LogP contribution in [0.15, 0.2) is 77.7 Å². The number of carbonyl (C=O) groups excluding carboxylic acids is 2. The third kappa shape index (κ3) is 5.89. The number of anilines is 2. The van der Waals surface area contributed by atoms with E-state index in [9.17, 15) is 14.0 Å². The Morgan fingerprint density at radius 3 is 2.35 bits per heavy atom. The average Bonchev–Trinajstić information content (AvgIpc) is 3.19. The highest BCUT2D eigenvalue weighted by molar-refractivity contribution is 8.00. The van der Waals surface area contributed by atoms with Crippen LogP contribution in [0.25, 0.3) is 11.3 Å². The van der Waals surface area contributed by atoms with Crippen LogP contribution in [0.1, 0.15) is 20.8 Å². The number of hydrogen-bond acceptors (Lipinski definition) is 5. The van der Waals surface area contributed by atoms with Crippen LogP contribution in [0, 0.1) is 19.7 Å². The standard InChI is InChI=1S/C26H22FN3O2S2/c1-16-7-9-18(10-8-16)24-17(2)34-26(30-24)29-23(31)15-33-20-13-11-19(12-14-20)28-25(32)21-5-3-4-6-22(21)27/h3-14H,15H2,1-2H3,(H,28,32)(H,29,30,31). The molecule has 1 heterocycles. The predicted octanol–water partition coefficient (Wildman–Crippen LogP) is 6.55. The minimum absolute atomic E-state index is 0.0134. The molecule has 0 bridgehead atoms. The van der Waals surface area contributed by atoms with Gasteiger partial charge in [0, 0.05) is 21.0 Å². The van der Waals surface area contributed by atoms with Crippen LogP contribution in [0.4, 0.5) is 15.2 Å². The molecular formula is C26H22FN3O2S2. The van der Waals surface area contributed by atoms with Crippen LogP contribution in [-0.4, -0.2) is 22.6 Å². The monoisotopic (exact) mass is 491 g/mol. The maximum absolute atomic E-state index is 13.8. The number of hydrogen-bond donors (Lipinski definition) is 2. The van der Waals surface area contributed by atoms with Gasteiger partial charge in [0.15, 0.2) is 5.13 Å². The fraction of sp³-hybridized carbons (Fsp3) is 0.115. The van der Waals surface area contributed by atoms with Gasteiger partial charge in [0.25, 0.3) is 5.91 Å². The molecular weight excluding hydrogens is 469 g/mol. The molecule has 3 aromatic carbocycles. The summed E-state index contributed by atoms with van der Waals surface area (Å²) in [6.07, 6.45) is 0. The van der Waals surface area contributed by atoms with Gasteiger partial charge in [-0.2, -0.15) is 0 Å². The normalized spacial score (nSPS) is 10.7. The van der Waals surface area contributed by atoms with E-state index < -0.39 is 11.7 Å². The van der Waals surface area contributed by atoms with Crippen molar-refractivity contribution in [2.24, 2.45) is 0 Å². The molecule has 2 N–H and O–H groups in total. The van der Waals surface area contributed by atoms with Crippen molar-refractivity contribution in [3.05, 3.63) is 94.6 Å². The van der Waals surface area contributed by atoms with Crippen molar-refractivity contribution in [2.75, 3.05) is 16.4 Å². The second-order valence-corrected chi connectivity index (χ2v) is 9.84. The first-order valence-electron chi connectivity index (χ1n) is 10.5. The highest BCUT2D eigenvalue weighted by Gasteiger charge is 2.13. The molecule has 0 saturated carbocycles. The minimum Gasteiger partial charge on any atom is -0.322 e. The Morgan fingerprint density at radius 2 is 1.65 bits per heavy atom. The molecule has 0 radical (unpaired) electrons. The smallest absolute Gasteiger partial charge is 0.258 e. The van der Waals surface area contributed by atoms with Gasteiger partial charge in [0.2, 0.25) is 5.91 Å². The van der Waals surface area contributed by atoms with Crippen molar-refractivity contribution in [1.82, 2.24) is 4.98 Å². The van der Waals surface area contributed by atoms with Gasteiger partial charge < -0.3 is 10.6 Å². The number of halogens is 1. The Kier molecular flexibility index (Phi) is 7.40. The maximum atomic E-state index is 13.8. The summed E-state index contributed by atoms with van der Waals surface area (Å²) in [5.41, 5.74) is 3.62. The number of nitrogens with one attached hydrogen (secondary N) is 2. The fourth-order valence-electron chi connectivity index (χ4n) is 3.21. The number of nitrogens with zero attached hydrogens (tertiary/aromatic N) is 1. The van der Waals surface area contributed by atoms with E-state index in [1.807, 2.05) is 38.1 Å². The summed E-state index contributed by atoms with van der Waals surface area (Å²) in [7, 11) is 0. The predicted molar refractivity (Wildman–Crippen MR) is 137 cm³/mol. The lowest BCUT2D eigenvalue weighted by Gasteiger charge is -2.07. The van der Waals surface area contributed by atoms with Crippen molar-refractivity contribution in [1.29, 1.82) is 0 Å². The Labute approximate surface area is 205 Å². The van der Waals surface area contributed by atoms with E-state index in [2.05, 4.69) is 15.6 Å². The molecule has 0 unspecified atom stereocenters. The van der Waals surface area contributed by atoms with Crippen LogP contribution in [0.3, 0.4) is 0 Å². The van der Waals surface area contributed by atoms with Gasteiger partial charge in [0.1, 0.15) is 5.82 Å². The van der Waals surface area contributed by atoms with E-state index in [4.69, 9.17) is 0 Å². The molecule has 0 atom stereocenters. The first-order valence-corrected chi connectivity index (χ1v) is 12.3. The third-order valence-corrected chi connectivity index (χ3v) is 6.87. The molecule has 2 amide bonds. The topological polar surface area (TPSA) is 71.1 Å². The van der Waals surface area contributed by atoms with Crippen LogP contribution in [0.2, 0.25) is 0 Å². The van der Waals surface area contributed by atoms with Crippen LogP contribution >= 0.6 is 23.1 Å². The quantitative estimate of drug-likeness (QED) is 0.288. The lowest BCUT2D eigenvalue weighted by atomic mass is 10.1. The summed E-state index contributed by atoms with van der Waals surface area (Å²) in [6.45, 7) is 4.03. The van der Waals surface area contributed by atoms with E-state index >= 15 is 0 Å². The van der Waals surface area contributed by atoms with E-state index in [-0.39, 0.29) is 17.2 Å². The van der Waals surface area contributed by atoms with Crippen molar-refractivity contribution < 1.29 is 14.0 Å². The lowest BCUT2D eigenvalue weighted by molar-refractivity contribution is -0.113. The number of amides is 2. The molecule has 4 aromatic rings. The van der Waals surface area contributed by atoms with Gasteiger partial charge in [-0.15, -0.1) is 23.1 Å². The summed E-state index contributed by atoms with van der Waals surface area (Å²) in [6, 6.07) is 21.0. The van der Waals surface area contributed by atoms with Crippen molar-refractivity contribution in [3.8, 4) is 11.3 Å². The van der Waals surface area contributed by atoms with Crippen LogP contribution in [0.5, 0.6) is 0 Å². The number of thioether (sulfide) groups is 1. The van der Waals surface area contributed by atoms with E-state index in [0.29, 0.717) is 10.8 Å². The van der Waals surface area contributed by atoms with Crippen LogP contribution < -0.4 is 10.6 Å². The number of aromatic nitrogens is 1. The summed E-state index contributed by atoms with van der Waals surface area (Å²) in [5, 5.41) is 6.12. The maximum Gasteiger partial charge on any atom is 0.258 e. The molecule has 0 fully saturated rings. The van der Waals surface area contributed by atoms with E-state index in [1.165, 1.54) is 46.9 Å². The van der Waals surface area contributed by atoms with Crippen molar-refractivity contribution in [2.45, 2.75) is 18.7 Å². The second kappa shape index (κ2) is 10.6. The Hall–Kier alpha value is -3.49. The zero-order valence-electron chi connectivity index (χ0n) is 18.6. The third-order valence-electron chi connectivity index (χ3n) is 4.97. The first kappa shape index (κ1) is 23.7. The zero-order valence-corrected chi connectivity index (χ0v) is 20.2. The molecule has 1 aromatic heterocycles. The lowest BCUT2D eigenvalue weighted by Crippen LogP contribution is -2.14. The number of rotatable bonds is 7. The molecule has 8 heteroatoms. The average molecular weight is 492 g/mol. The molecule has 0 aliphatic rings. The second-order valence-electron chi connectivity index (χ2n) is 7.59. The van der Waals surface area contributed by atoms with Gasteiger partial charge in [0.05, 0.1) is 17.0 Å². The van der Waals surface area contributed by atoms with Gasteiger partial charge in [-0.05, 0) is 50.2 Å². The molecule has 34 heavy (non-hydrogen) atoms. The van der Waals surface area contributed by atoms with Gasteiger partial charge in [-0.25, -0.2) is 9.37 Å². The molecule has 5 nitrogen and oxygen atoms in total. The fourth-order valence-corrected chi connectivity index (χ4v) is 4.76. The molecule has 0 saturated heterocycles. The minimum atomic E-state index is -0.570. The number of aryl methyl sites for hydroxylation is 2. The molecule has 172 valence electrons. The van der Waals surface area contributed by atoms with Gasteiger partial charge in [-0.1, -0.05) is 42.0 Å². The largest absolute Gasteiger partial charge is 0.322 e. The molecule has 0 spiro atoms. The molecule has 4 rings (SSSR count). The number of benzene rings is 3. The Morgan fingerprint density at radius 1 is 0.941 bits per heavy atom. The summed E-state index contributed by atoms with van der Waals surface area (Å²) in [5.74, 6) is -1.01. The first-order chi connectivity index (χ1) is 16.4. The SMILES string of the molecule is Cc1ccc(-c2nc(NC(=O)CSc3ccc(NC(=O)c4ccccc4F)cc3)sc2C)cc1. The molecule has 0 aliphatic heterocycles. The number of carbonyl (C=O) groups is 2. The van der Waals surface area contributed by atoms with E-state index in [1.54, 1.807) is 30.3 Å². The van der Waals surface area contributed by atoms with Gasteiger partial charge in [-0.3, -0.25) is 9.59 Å². The summed E-state index contributed by atoms with van der Waals surface area (Å²) < 4.78 is 13.8. The van der Waals surface area contributed by atoms with E-state index in [0.717, 1.165) is 21.0 Å². The molecule has 0 aliphatic carbocycles. The van der Waals surface area contributed by atoms with Crippen LogP contribution in [-0.2, 0) is 4.79 Å². The number of thiazole rings is 1. The summed E-state index contributed by atoms with van der Waals surface area (Å²) in [4.78, 5) is 31.2. The Bertz CT molecular complexity index is 1320. The van der Waals surface area contributed by atoms with Crippen molar-refractivity contribution in [3.63, 3.8) is 0 Å².